The second kappa shape index (κ2) is 6.02. The largest absolute Gasteiger partial charge is 0.491 e. The lowest BCUT2D eigenvalue weighted by Gasteiger charge is -2.20. The van der Waals surface area contributed by atoms with Crippen molar-refractivity contribution in [1.82, 2.24) is 4.90 Å². The van der Waals surface area contributed by atoms with Crippen molar-refractivity contribution in [2.45, 2.75) is 26.0 Å². The molecule has 0 fully saturated rings. The van der Waals surface area contributed by atoms with E-state index in [4.69, 9.17) is 9.15 Å². The summed E-state index contributed by atoms with van der Waals surface area (Å²) in [6, 6.07) is 14.0. The number of nitrogens with zero attached hydrogens (tertiary/aromatic N) is 1. The molecule has 3 aromatic rings. The Morgan fingerprint density at radius 1 is 1.04 bits per heavy atom. The zero-order valence-corrected chi connectivity index (χ0v) is 14.9. The van der Waals surface area contributed by atoms with Crippen molar-refractivity contribution in [1.29, 1.82) is 0 Å². The Balaban J connectivity index is 1.86. The highest BCUT2D eigenvalue weighted by Crippen LogP contribution is 2.37. The van der Waals surface area contributed by atoms with Crippen molar-refractivity contribution in [3.05, 3.63) is 75.6 Å². The third-order valence-electron chi connectivity index (χ3n) is 4.58. The van der Waals surface area contributed by atoms with Gasteiger partial charge in [0.05, 0.1) is 23.1 Å². The van der Waals surface area contributed by atoms with Gasteiger partial charge in [-0.2, -0.15) is 0 Å². The van der Waals surface area contributed by atoms with E-state index in [-0.39, 0.29) is 23.2 Å². The van der Waals surface area contributed by atoms with E-state index in [0.717, 1.165) is 11.3 Å². The number of hydrogen-bond donors (Lipinski definition) is 0. The average Bonchev–Trinajstić information content (AvgIpc) is 2.87. The molecule has 0 saturated heterocycles. The molecule has 1 aliphatic rings. The second-order valence-electron chi connectivity index (χ2n) is 6.72. The number of carbonyl (C=O) groups excluding carboxylic acids is 1. The van der Waals surface area contributed by atoms with E-state index in [1.807, 2.05) is 38.1 Å². The van der Waals surface area contributed by atoms with Crippen LogP contribution in [-0.4, -0.2) is 24.0 Å². The van der Waals surface area contributed by atoms with Crippen LogP contribution in [0.15, 0.2) is 57.7 Å². The Labute approximate surface area is 150 Å². The third-order valence-corrected chi connectivity index (χ3v) is 4.58. The van der Waals surface area contributed by atoms with Crippen molar-refractivity contribution >= 4 is 16.9 Å². The van der Waals surface area contributed by atoms with E-state index in [0.29, 0.717) is 16.5 Å². The Morgan fingerprint density at radius 3 is 2.42 bits per heavy atom. The van der Waals surface area contributed by atoms with Gasteiger partial charge >= 0.3 is 0 Å². The van der Waals surface area contributed by atoms with Crippen LogP contribution in [0.2, 0.25) is 0 Å². The molecule has 5 nitrogen and oxygen atoms in total. The molecule has 0 saturated carbocycles. The number of ether oxygens (including phenoxy) is 1. The van der Waals surface area contributed by atoms with Crippen LogP contribution >= 0.6 is 0 Å². The lowest BCUT2D eigenvalue weighted by molar-refractivity contribution is 0.0771. The van der Waals surface area contributed by atoms with Gasteiger partial charge in [0.15, 0.2) is 5.43 Å². The van der Waals surface area contributed by atoms with Crippen molar-refractivity contribution in [3.8, 4) is 5.75 Å². The van der Waals surface area contributed by atoms with Crippen LogP contribution in [0.25, 0.3) is 11.0 Å². The fourth-order valence-electron chi connectivity index (χ4n) is 3.43. The number of carbonyl (C=O) groups is 1. The zero-order valence-electron chi connectivity index (χ0n) is 14.9. The van der Waals surface area contributed by atoms with E-state index >= 15 is 0 Å². The Bertz CT molecular complexity index is 1050. The van der Waals surface area contributed by atoms with E-state index in [1.165, 1.54) is 0 Å². The van der Waals surface area contributed by atoms with Crippen LogP contribution in [0.4, 0.5) is 0 Å². The predicted molar refractivity (Wildman–Crippen MR) is 98.6 cm³/mol. The minimum absolute atomic E-state index is 0.0794. The number of fused-ring (bicyclic) bond motifs is 2. The molecular formula is C21H19NO4. The topological polar surface area (TPSA) is 59.8 Å². The van der Waals surface area contributed by atoms with Gasteiger partial charge < -0.3 is 14.1 Å². The highest BCUT2D eigenvalue weighted by molar-refractivity contribution is 5.98. The van der Waals surface area contributed by atoms with Gasteiger partial charge in [0, 0.05) is 7.05 Å². The highest BCUT2D eigenvalue weighted by atomic mass is 16.5. The molecule has 1 amide bonds. The van der Waals surface area contributed by atoms with E-state index in [1.54, 1.807) is 36.2 Å². The van der Waals surface area contributed by atoms with Crippen LogP contribution in [0.1, 0.15) is 41.6 Å². The minimum atomic E-state index is -0.466. The first-order valence-electron chi connectivity index (χ1n) is 8.57. The van der Waals surface area contributed by atoms with Crippen molar-refractivity contribution in [2.24, 2.45) is 0 Å². The van der Waals surface area contributed by atoms with Crippen LogP contribution in [0.3, 0.4) is 0 Å². The Kier molecular flexibility index (Phi) is 3.80. The summed E-state index contributed by atoms with van der Waals surface area (Å²) >= 11 is 0. The maximum Gasteiger partial charge on any atom is 0.290 e. The van der Waals surface area contributed by atoms with E-state index in [9.17, 15) is 9.59 Å². The van der Waals surface area contributed by atoms with Crippen molar-refractivity contribution < 1.29 is 13.9 Å². The van der Waals surface area contributed by atoms with E-state index in [2.05, 4.69) is 0 Å². The molecule has 2 heterocycles. The van der Waals surface area contributed by atoms with Crippen LogP contribution in [-0.2, 0) is 0 Å². The fourth-order valence-corrected chi connectivity index (χ4v) is 3.43. The first kappa shape index (κ1) is 16.4. The van der Waals surface area contributed by atoms with Gasteiger partial charge in [0.25, 0.3) is 5.91 Å². The minimum Gasteiger partial charge on any atom is -0.491 e. The molecule has 0 aliphatic carbocycles. The molecular weight excluding hydrogens is 330 g/mol. The maximum atomic E-state index is 13.0. The molecule has 0 spiro atoms. The SMILES string of the molecule is CC(C)Oc1ccc([C@H]2c3c(oc4ccccc4c3=O)C(=O)N2C)cc1. The molecule has 1 aliphatic heterocycles. The predicted octanol–water partition coefficient (Wildman–Crippen LogP) is 3.76. The molecule has 1 aromatic heterocycles. The quantitative estimate of drug-likeness (QED) is 0.722. The average molecular weight is 349 g/mol. The molecule has 0 unspecified atom stereocenters. The van der Waals surface area contributed by atoms with E-state index < -0.39 is 6.04 Å². The summed E-state index contributed by atoms with van der Waals surface area (Å²) in [6.45, 7) is 3.92. The van der Waals surface area contributed by atoms with Gasteiger partial charge in [0.2, 0.25) is 5.76 Å². The summed E-state index contributed by atoms with van der Waals surface area (Å²) in [4.78, 5) is 27.2. The summed E-state index contributed by atoms with van der Waals surface area (Å²) in [5.74, 6) is 0.598. The number of benzene rings is 2. The molecule has 4 rings (SSSR count). The third kappa shape index (κ3) is 2.47. The summed E-state index contributed by atoms with van der Waals surface area (Å²) in [5.41, 5.74) is 1.51. The lowest BCUT2D eigenvalue weighted by Crippen LogP contribution is -2.25. The van der Waals surface area contributed by atoms with Gasteiger partial charge in [-0.15, -0.1) is 0 Å². The molecule has 26 heavy (non-hydrogen) atoms. The first-order valence-corrected chi connectivity index (χ1v) is 8.57. The number of hydrogen-bond acceptors (Lipinski definition) is 4. The zero-order chi connectivity index (χ0) is 18.4. The van der Waals surface area contributed by atoms with Crippen molar-refractivity contribution in [2.75, 3.05) is 7.05 Å². The van der Waals surface area contributed by atoms with Gasteiger partial charge in [-0.3, -0.25) is 9.59 Å². The summed E-state index contributed by atoms with van der Waals surface area (Å²) in [5, 5.41) is 0.485. The number of para-hydroxylation sites is 1. The molecule has 0 N–H and O–H groups in total. The molecule has 1 atom stereocenters. The van der Waals surface area contributed by atoms with Crippen LogP contribution < -0.4 is 10.2 Å². The summed E-state index contributed by atoms with van der Waals surface area (Å²) in [7, 11) is 1.69. The second-order valence-corrected chi connectivity index (χ2v) is 6.72. The lowest BCUT2D eigenvalue weighted by atomic mass is 9.99. The number of amides is 1. The van der Waals surface area contributed by atoms with Gasteiger partial charge in [-0.25, -0.2) is 0 Å². The molecule has 2 aromatic carbocycles. The first-order chi connectivity index (χ1) is 12.5. The Hall–Kier alpha value is -3.08. The van der Waals surface area contributed by atoms with Crippen molar-refractivity contribution in [3.63, 3.8) is 0 Å². The number of rotatable bonds is 3. The van der Waals surface area contributed by atoms with Crippen LogP contribution in [0.5, 0.6) is 5.75 Å². The summed E-state index contributed by atoms with van der Waals surface area (Å²) in [6.07, 6.45) is 0.0794. The molecule has 0 radical (unpaired) electrons. The normalized spacial score (nSPS) is 16.4. The standard InChI is InChI=1S/C21H19NO4/c1-12(2)25-14-10-8-13(9-11-14)18-17-19(23)15-6-4-5-7-16(15)26-20(17)21(24)22(18)3/h4-12,18H,1-3H3/t18-/m0/s1. The highest BCUT2D eigenvalue weighted by Gasteiger charge is 2.40. The Morgan fingerprint density at radius 2 is 1.73 bits per heavy atom. The van der Waals surface area contributed by atoms with Crippen LogP contribution in [0, 0.1) is 0 Å². The fraction of sp³-hybridized carbons (Fsp3) is 0.238. The van der Waals surface area contributed by atoms with Gasteiger partial charge in [-0.1, -0.05) is 24.3 Å². The smallest absolute Gasteiger partial charge is 0.290 e. The maximum absolute atomic E-state index is 13.0. The molecule has 0 bridgehead atoms. The molecule has 132 valence electrons. The van der Waals surface area contributed by atoms with Gasteiger partial charge in [0.1, 0.15) is 11.3 Å². The monoisotopic (exact) mass is 349 g/mol. The molecule has 5 heteroatoms. The summed E-state index contributed by atoms with van der Waals surface area (Å²) < 4.78 is 11.4. The van der Waals surface area contributed by atoms with Gasteiger partial charge in [-0.05, 0) is 43.7 Å².